The fourth-order valence-electron chi connectivity index (χ4n) is 5.08. The smallest absolute Gasteiger partial charge is 0.107 e. The van der Waals surface area contributed by atoms with Crippen LogP contribution in [0.15, 0.2) is 115 Å². The summed E-state index contributed by atoms with van der Waals surface area (Å²) in [5.41, 5.74) is 2.81. The Kier molecular flexibility index (Phi) is 6.38. The van der Waals surface area contributed by atoms with Gasteiger partial charge in [0, 0.05) is 6.54 Å². The molecule has 0 aliphatic rings. The van der Waals surface area contributed by atoms with Crippen molar-refractivity contribution in [1.82, 2.24) is 5.32 Å². The minimum absolute atomic E-state index is 0.643. The van der Waals surface area contributed by atoms with Crippen LogP contribution in [-0.4, -0.2) is 6.54 Å². The summed E-state index contributed by atoms with van der Waals surface area (Å²) < 4.78 is 0. The fourth-order valence-corrected chi connectivity index (χ4v) is 5.08. The van der Waals surface area contributed by atoms with Crippen LogP contribution in [0.1, 0.15) is 29.5 Å². The summed E-state index contributed by atoms with van der Waals surface area (Å²) in [5.74, 6) is 0. The summed E-state index contributed by atoms with van der Waals surface area (Å²) >= 11 is 0. The van der Waals surface area contributed by atoms with E-state index in [4.69, 9.17) is 0 Å². The molecule has 0 aliphatic heterocycles. The predicted molar refractivity (Wildman–Crippen MR) is 142 cm³/mol. The minimum atomic E-state index is -0.643. The third-order valence-electron chi connectivity index (χ3n) is 6.81. The molecule has 166 valence electrons. The second kappa shape index (κ2) is 9.91. The van der Waals surface area contributed by atoms with E-state index in [0.717, 1.165) is 37.1 Å². The van der Waals surface area contributed by atoms with E-state index >= 15 is 0 Å². The van der Waals surface area contributed by atoms with Crippen molar-refractivity contribution in [1.29, 1.82) is 5.26 Å². The first-order chi connectivity index (χ1) is 16.8. The van der Waals surface area contributed by atoms with E-state index in [1.807, 2.05) is 36.4 Å². The quantitative estimate of drug-likeness (QED) is 0.202. The lowest BCUT2D eigenvalue weighted by molar-refractivity contribution is 0.533. The van der Waals surface area contributed by atoms with E-state index < -0.39 is 5.41 Å². The Morgan fingerprint density at radius 2 is 1.15 bits per heavy atom. The number of nitriles is 1. The van der Waals surface area contributed by atoms with Crippen LogP contribution in [0.3, 0.4) is 0 Å². The van der Waals surface area contributed by atoms with Crippen LogP contribution in [-0.2, 0) is 12.0 Å². The minimum Gasteiger partial charge on any atom is -0.313 e. The van der Waals surface area contributed by atoms with Crippen LogP contribution in [0.2, 0.25) is 0 Å². The fraction of sp³-hybridized carbons (Fsp3) is 0.156. The van der Waals surface area contributed by atoms with Gasteiger partial charge in [0.1, 0.15) is 5.41 Å². The van der Waals surface area contributed by atoms with Gasteiger partial charge in [-0.3, -0.25) is 0 Å². The van der Waals surface area contributed by atoms with E-state index in [2.05, 4.69) is 90.2 Å². The Bertz CT molecular complexity index is 1340. The van der Waals surface area contributed by atoms with Crippen molar-refractivity contribution < 1.29 is 0 Å². The summed E-state index contributed by atoms with van der Waals surface area (Å²) in [4.78, 5) is 0. The largest absolute Gasteiger partial charge is 0.313 e. The normalized spacial score (nSPS) is 11.5. The van der Waals surface area contributed by atoms with Crippen LogP contribution < -0.4 is 5.32 Å². The van der Waals surface area contributed by atoms with Crippen LogP contribution in [0.4, 0.5) is 0 Å². The summed E-state index contributed by atoms with van der Waals surface area (Å²) in [6, 6.07) is 42.6. The van der Waals surface area contributed by atoms with Gasteiger partial charge in [0.15, 0.2) is 0 Å². The molecule has 0 atom stereocenters. The first-order valence-corrected chi connectivity index (χ1v) is 11.9. The van der Waals surface area contributed by atoms with Gasteiger partial charge in [-0.05, 0) is 63.7 Å². The van der Waals surface area contributed by atoms with Gasteiger partial charge in [0.05, 0.1) is 6.07 Å². The molecule has 0 spiro atoms. The number of rotatable bonds is 8. The van der Waals surface area contributed by atoms with E-state index in [1.54, 1.807) is 0 Å². The molecule has 1 N–H and O–H groups in total. The molecule has 0 radical (unpaired) electrons. The zero-order chi connectivity index (χ0) is 23.2. The highest BCUT2D eigenvalue weighted by atomic mass is 14.8. The van der Waals surface area contributed by atoms with Crippen molar-refractivity contribution in [2.75, 3.05) is 6.54 Å². The maximum atomic E-state index is 10.4. The van der Waals surface area contributed by atoms with E-state index in [-0.39, 0.29) is 0 Å². The van der Waals surface area contributed by atoms with Crippen LogP contribution in [0.5, 0.6) is 0 Å². The molecule has 5 aromatic rings. The number of nitrogens with one attached hydrogen (secondary N) is 1. The van der Waals surface area contributed by atoms with Gasteiger partial charge >= 0.3 is 0 Å². The second-order valence-corrected chi connectivity index (χ2v) is 8.83. The number of hydrogen-bond donors (Lipinski definition) is 1. The third kappa shape index (κ3) is 4.19. The molecule has 0 unspecified atom stereocenters. The van der Waals surface area contributed by atoms with Gasteiger partial charge in [-0.15, -0.1) is 0 Å². The van der Waals surface area contributed by atoms with Gasteiger partial charge < -0.3 is 5.32 Å². The average molecular weight is 441 g/mol. The Balaban J connectivity index is 1.35. The Morgan fingerprint density at radius 3 is 1.68 bits per heavy atom. The number of benzene rings is 5. The molecular weight excluding hydrogens is 412 g/mol. The molecule has 0 amide bonds. The number of hydrogen-bond acceptors (Lipinski definition) is 2. The Labute approximate surface area is 201 Å². The molecule has 5 rings (SSSR count). The predicted octanol–water partition coefficient (Wildman–Crippen LogP) is 7.37. The van der Waals surface area contributed by atoms with Crippen LogP contribution in [0, 0.1) is 11.3 Å². The molecule has 0 aliphatic carbocycles. The van der Waals surface area contributed by atoms with E-state index in [1.165, 1.54) is 27.1 Å². The topological polar surface area (TPSA) is 35.8 Å². The number of fused-ring (bicyclic) bond motifs is 2. The zero-order valence-electron chi connectivity index (χ0n) is 19.2. The Hall–Kier alpha value is -3.93. The van der Waals surface area contributed by atoms with Gasteiger partial charge in [-0.2, -0.15) is 5.26 Å². The van der Waals surface area contributed by atoms with Crippen LogP contribution >= 0.6 is 0 Å². The van der Waals surface area contributed by atoms with E-state index in [9.17, 15) is 5.26 Å². The third-order valence-corrected chi connectivity index (χ3v) is 6.81. The maximum absolute atomic E-state index is 10.4. The molecule has 0 fully saturated rings. The van der Waals surface area contributed by atoms with E-state index in [0.29, 0.717) is 0 Å². The molecule has 2 nitrogen and oxygen atoms in total. The maximum Gasteiger partial charge on any atom is 0.107 e. The molecule has 0 aromatic heterocycles. The summed E-state index contributed by atoms with van der Waals surface area (Å²) in [6.45, 7) is 1.65. The van der Waals surface area contributed by atoms with Crippen molar-refractivity contribution in [2.24, 2.45) is 0 Å². The van der Waals surface area contributed by atoms with Crippen LogP contribution in [0.25, 0.3) is 21.5 Å². The number of nitrogens with zero attached hydrogens (tertiary/aromatic N) is 1. The lowest BCUT2D eigenvalue weighted by atomic mass is 9.72. The van der Waals surface area contributed by atoms with Crippen molar-refractivity contribution in [3.63, 3.8) is 0 Å². The molecule has 0 heterocycles. The first kappa shape index (κ1) is 21.9. The highest BCUT2D eigenvalue weighted by molar-refractivity contribution is 6.02. The van der Waals surface area contributed by atoms with Gasteiger partial charge in [0.25, 0.3) is 0 Å². The summed E-state index contributed by atoms with van der Waals surface area (Å²) in [7, 11) is 0. The molecule has 0 bridgehead atoms. The van der Waals surface area contributed by atoms with Crippen molar-refractivity contribution >= 4 is 21.5 Å². The monoisotopic (exact) mass is 440 g/mol. The average Bonchev–Trinajstić information content (AvgIpc) is 2.91. The highest BCUT2D eigenvalue weighted by Crippen LogP contribution is 2.36. The summed E-state index contributed by atoms with van der Waals surface area (Å²) in [5, 5.41) is 19.2. The highest BCUT2D eigenvalue weighted by Gasteiger charge is 2.33. The second-order valence-electron chi connectivity index (χ2n) is 8.83. The van der Waals surface area contributed by atoms with Crippen molar-refractivity contribution in [3.8, 4) is 6.07 Å². The Morgan fingerprint density at radius 1 is 0.647 bits per heavy atom. The SMILES string of the molecule is N#CC(CCCNCc1c2ccccc2cc2ccccc12)(c1ccccc1)c1ccccc1. The molecular formula is C32H28N2. The molecule has 5 aromatic carbocycles. The lowest BCUT2D eigenvalue weighted by Gasteiger charge is -2.28. The van der Waals surface area contributed by atoms with Crippen molar-refractivity contribution in [3.05, 3.63) is 132 Å². The molecule has 0 saturated heterocycles. The molecule has 34 heavy (non-hydrogen) atoms. The standard InChI is InChI=1S/C32H28N2/c33-24-32(27-14-3-1-4-15-27,28-16-5-2-6-17-28)20-11-21-34-23-31-29-18-9-7-12-25(29)22-26-13-8-10-19-30(26)31/h1-10,12-19,22,34H,11,20-21,23H2. The molecule has 2 heteroatoms. The van der Waals surface area contributed by atoms with Crippen molar-refractivity contribution in [2.45, 2.75) is 24.8 Å². The van der Waals surface area contributed by atoms with Gasteiger partial charge in [0.2, 0.25) is 0 Å². The van der Waals surface area contributed by atoms with Gasteiger partial charge in [-0.25, -0.2) is 0 Å². The molecule has 0 saturated carbocycles. The van der Waals surface area contributed by atoms with Gasteiger partial charge in [-0.1, -0.05) is 109 Å². The first-order valence-electron chi connectivity index (χ1n) is 11.9. The summed E-state index contributed by atoms with van der Waals surface area (Å²) in [6.07, 6.45) is 1.67. The lowest BCUT2D eigenvalue weighted by Crippen LogP contribution is -2.27. The zero-order valence-corrected chi connectivity index (χ0v) is 19.2.